The van der Waals surface area contributed by atoms with E-state index in [2.05, 4.69) is 23.2 Å². The van der Waals surface area contributed by atoms with Gasteiger partial charge in [-0.05, 0) is 67.2 Å². The molecule has 1 N–H and O–H groups in total. The van der Waals surface area contributed by atoms with Gasteiger partial charge in [0.05, 0.1) is 30.8 Å². The summed E-state index contributed by atoms with van der Waals surface area (Å²) in [5.74, 6) is 0. The second-order valence-corrected chi connectivity index (χ2v) is 8.29. The number of benzene rings is 1. The molecule has 2 atom stereocenters. The summed E-state index contributed by atoms with van der Waals surface area (Å²) in [7, 11) is 1.88. The molecule has 0 spiro atoms. The summed E-state index contributed by atoms with van der Waals surface area (Å²) in [5, 5.41) is 12.4. The fourth-order valence-corrected chi connectivity index (χ4v) is 4.34. The van der Waals surface area contributed by atoms with Gasteiger partial charge < -0.3 is 14.7 Å². The molecule has 0 radical (unpaired) electrons. The quantitative estimate of drug-likeness (QED) is 0.440. The highest BCUT2D eigenvalue weighted by molar-refractivity contribution is 5.85. The molecular formula is C25H29N3O3. The summed E-state index contributed by atoms with van der Waals surface area (Å²) >= 11 is 0. The van der Waals surface area contributed by atoms with Crippen LogP contribution < -0.4 is 10.4 Å². The first-order valence-corrected chi connectivity index (χ1v) is 10.8. The lowest BCUT2D eigenvalue weighted by atomic mass is 9.94. The maximum Gasteiger partial charge on any atom is 0.152 e. The van der Waals surface area contributed by atoms with E-state index in [1.54, 1.807) is 6.34 Å². The summed E-state index contributed by atoms with van der Waals surface area (Å²) < 4.78 is 5.51. The lowest BCUT2D eigenvalue weighted by Crippen LogP contribution is -2.47. The van der Waals surface area contributed by atoms with Gasteiger partial charge >= 0.3 is 0 Å². The van der Waals surface area contributed by atoms with Crippen LogP contribution in [-0.4, -0.2) is 60.0 Å². The Balaban J connectivity index is 1.71. The van der Waals surface area contributed by atoms with Gasteiger partial charge in [0.25, 0.3) is 0 Å². The minimum absolute atomic E-state index is 0.141. The lowest BCUT2D eigenvalue weighted by Gasteiger charge is -2.33. The van der Waals surface area contributed by atoms with Crippen LogP contribution in [0.2, 0.25) is 0 Å². The van der Waals surface area contributed by atoms with E-state index in [-0.39, 0.29) is 6.04 Å². The molecule has 162 valence electrons. The predicted octanol–water partition coefficient (Wildman–Crippen LogP) is 1.89. The second kappa shape index (κ2) is 9.54. The summed E-state index contributed by atoms with van der Waals surface area (Å²) in [4.78, 5) is 22.9. The highest BCUT2D eigenvalue weighted by Crippen LogP contribution is 2.18. The van der Waals surface area contributed by atoms with Crippen molar-refractivity contribution in [1.29, 1.82) is 0 Å². The molecular weight excluding hydrogens is 390 g/mol. The van der Waals surface area contributed by atoms with Gasteiger partial charge in [-0.25, -0.2) is 4.99 Å². The van der Waals surface area contributed by atoms with Gasteiger partial charge in [0.1, 0.15) is 0 Å². The number of aromatic nitrogens is 1. The van der Waals surface area contributed by atoms with Crippen molar-refractivity contribution < 1.29 is 14.6 Å². The molecule has 0 amide bonds. The molecule has 31 heavy (non-hydrogen) atoms. The number of aliphatic hydroxyl groups is 1. The van der Waals surface area contributed by atoms with Crippen molar-refractivity contribution in [3.63, 3.8) is 0 Å². The maximum absolute atomic E-state index is 12.0. The van der Waals surface area contributed by atoms with E-state index < -0.39 is 6.10 Å². The van der Waals surface area contributed by atoms with Crippen LogP contribution in [-0.2, 0) is 11.2 Å². The minimum atomic E-state index is -0.448. The summed E-state index contributed by atoms with van der Waals surface area (Å²) in [5.41, 5.74) is 4.55. The number of likely N-dealkylation sites (N-methyl/N-ethyl adjacent to an activating group) is 1. The second-order valence-electron chi connectivity index (χ2n) is 8.29. The van der Waals surface area contributed by atoms with E-state index in [9.17, 15) is 9.90 Å². The van der Waals surface area contributed by atoms with Crippen LogP contribution in [0.1, 0.15) is 46.4 Å². The average Bonchev–Trinajstić information content (AvgIpc) is 2.78. The van der Waals surface area contributed by atoms with Crippen LogP contribution in [0.15, 0.2) is 29.4 Å². The zero-order chi connectivity index (χ0) is 21.8. The fourth-order valence-electron chi connectivity index (χ4n) is 4.34. The molecule has 2 aliphatic rings. The first-order valence-electron chi connectivity index (χ1n) is 10.8. The average molecular weight is 420 g/mol. The Labute approximate surface area is 182 Å². The van der Waals surface area contributed by atoms with Gasteiger partial charge in [0, 0.05) is 36.3 Å². The number of fused-ring (bicyclic) bond motifs is 1. The minimum Gasteiger partial charge on any atom is -0.391 e. The van der Waals surface area contributed by atoms with Crippen LogP contribution in [0.25, 0.3) is 12.2 Å². The van der Waals surface area contributed by atoms with E-state index in [1.165, 1.54) is 5.56 Å². The van der Waals surface area contributed by atoms with E-state index in [0.29, 0.717) is 30.9 Å². The van der Waals surface area contributed by atoms with Gasteiger partial charge in [-0.1, -0.05) is 12.2 Å². The molecule has 6 heteroatoms. The molecule has 1 aliphatic carbocycles. The molecule has 0 bridgehead atoms. The predicted molar refractivity (Wildman–Crippen MR) is 122 cm³/mol. The molecule has 2 heterocycles. The molecule has 1 saturated heterocycles. The van der Waals surface area contributed by atoms with Crippen molar-refractivity contribution in [1.82, 2.24) is 9.88 Å². The number of carbonyl (C=O) groups excluding carboxylic acids is 1. The molecule has 4 rings (SSSR count). The number of aryl methyl sites for hydroxylation is 1. The van der Waals surface area contributed by atoms with Gasteiger partial charge in [-0.3, -0.25) is 9.78 Å². The number of aliphatic imine (C=N–C) groups is 1. The van der Waals surface area contributed by atoms with Crippen molar-refractivity contribution in [2.24, 2.45) is 4.99 Å². The fraction of sp³-hybridized carbons (Fsp3) is 0.400. The number of aldehydes is 1. The topological polar surface area (TPSA) is 75.0 Å². The Kier molecular flexibility index (Phi) is 6.59. The number of carbonyl (C=O) groups is 1. The number of rotatable bonds is 6. The third kappa shape index (κ3) is 4.75. The van der Waals surface area contributed by atoms with Crippen LogP contribution in [0, 0.1) is 6.92 Å². The number of pyridine rings is 1. The first-order chi connectivity index (χ1) is 15.1. The summed E-state index contributed by atoms with van der Waals surface area (Å²) in [6.07, 6.45) is 11.6. The zero-order valence-corrected chi connectivity index (χ0v) is 18.1. The molecule has 2 aromatic rings. The number of hydrogen-bond acceptors (Lipinski definition) is 5. The van der Waals surface area contributed by atoms with Gasteiger partial charge in [-0.2, -0.15) is 0 Å². The van der Waals surface area contributed by atoms with Crippen molar-refractivity contribution in [3.8, 4) is 0 Å². The Morgan fingerprint density at radius 2 is 2.10 bits per heavy atom. The molecule has 1 fully saturated rings. The van der Waals surface area contributed by atoms with Gasteiger partial charge in [0.2, 0.25) is 0 Å². The van der Waals surface area contributed by atoms with Crippen molar-refractivity contribution >= 4 is 30.5 Å². The summed E-state index contributed by atoms with van der Waals surface area (Å²) in [6, 6.07) is 5.92. The largest absolute Gasteiger partial charge is 0.391 e. The molecule has 1 aromatic carbocycles. The molecule has 0 saturated carbocycles. The van der Waals surface area contributed by atoms with Gasteiger partial charge in [-0.15, -0.1) is 0 Å². The van der Waals surface area contributed by atoms with Crippen molar-refractivity contribution in [2.75, 3.05) is 20.3 Å². The number of ether oxygens (including phenoxy) is 1. The molecule has 6 nitrogen and oxygen atoms in total. The summed E-state index contributed by atoms with van der Waals surface area (Å²) in [6.45, 7) is 3.03. The Bertz CT molecular complexity index is 1110. The Morgan fingerprint density at radius 1 is 1.29 bits per heavy atom. The third-order valence-corrected chi connectivity index (χ3v) is 6.02. The third-order valence-electron chi connectivity index (χ3n) is 6.02. The number of hydrogen-bond donors (Lipinski definition) is 1. The van der Waals surface area contributed by atoms with Crippen LogP contribution in [0.3, 0.4) is 0 Å². The van der Waals surface area contributed by atoms with E-state index in [1.807, 2.05) is 37.2 Å². The van der Waals surface area contributed by atoms with E-state index >= 15 is 0 Å². The first kappa shape index (κ1) is 21.4. The number of aliphatic hydroxyl groups excluding tert-OH is 1. The molecule has 0 unspecified atom stereocenters. The van der Waals surface area contributed by atoms with Crippen LogP contribution in [0.4, 0.5) is 5.69 Å². The Morgan fingerprint density at radius 3 is 2.84 bits per heavy atom. The highest BCUT2D eigenvalue weighted by Gasteiger charge is 2.26. The zero-order valence-electron chi connectivity index (χ0n) is 18.1. The van der Waals surface area contributed by atoms with Crippen LogP contribution >= 0.6 is 0 Å². The standard InChI is InChI=1S/C25H29N3O3/c1-17-11-18(7-9-26-17)12-19-13-20(14-29)25(22-6-4-3-5-21(19)22)27-16-28(2)23-15-31-10-8-24(23)30/h5-7,9,11,13-14,16,23-24,30H,3-4,8,10,12,15H2,1-2H3/t23-,24-/m0/s1. The monoisotopic (exact) mass is 419 g/mol. The maximum atomic E-state index is 12.0. The number of nitrogens with zero attached hydrogens (tertiary/aromatic N) is 3. The Hall–Kier alpha value is -2.83. The molecule has 1 aliphatic heterocycles. The smallest absolute Gasteiger partial charge is 0.152 e. The SMILES string of the molecule is Cc1cc(Cc2cc(C=O)c(N=CN(C)[C@H]3COCC[C@@H]3O)c3c2=CCCC=3)ccn1. The van der Waals surface area contributed by atoms with Gasteiger partial charge in [0.15, 0.2) is 6.29 Å². The van der Waals surface area contributed by atoms with Crippen molar-refractivity contribution in [3.05, 3.63) is 57.2 Å². The van der Waals surface area contributed by atoms with E-state index in [0.717, 1.165) is 47.2 Å². The highest BCUT2D eigenvalue weighted by atomic mass is 16.5. The normalized spacial score (nSPS) is 20.6. The van der Waals surface area contributed by atoms with Crippen LogP contribution in [0.5, 0.6) is 0 Å². The van der Waals surface area contributed by atoms with E-state index in [4.69, 9.17) is 9.73 Å². The van der Waals surface area contributed by atoms with Crippen molar-refractivity contribution in [2.45, 2.75) is 44.8 Å². The lowest BCUT2D eigenvalue weighted by molar-refractivity contribution is -0.0364. The molecule has 1 aromatic heterocycles.